The van der Waals surface area contributed by atoms with Crippen molar-refractivity contribution in [3.63, 3.8) is 0 Å². The van der Waals surface area contributed by atoms with Gasteiger partial charge < -0.3 is 5.73 Å². The Labute approximate surface area is 30.2 Å². The number of carbonyl (C=O) groups is 1. The Balaban J connectivity index is 2.85. The topological polar surface area (TPSA) is 57.2 Å². The lowest BCUT2D eigenvalue weighted by atomic mass is 11.1. The first-order valence-corrected chi connectivity index (χ1v) is 1.16. The van der Waals surface area contributed by atoms with Gasteiger partial charge in [0.15, 0.2) is 0 Å². The van der Waals surface area contributed by atoms with Crippen LogP contribution < -0.4 is 11.1 Å². The quantitative estimate of drug-likeness (QED) is 0.405. The van der Waals surface area contributed by atoms with E-state index in [1.54, 1.807) is 0 Å². The van der Waals surface area contributed by atoms with E-state index in [0.717, 1.165) is 0 Å². The number of hydrogen-bond acceptors (Lipinski definition) is 1. The number of nitrogens with zero attached hydrogens (tertiary/aromatic N) is 1. The van der Waals surface area contributed by atoms with Crippen LogP contribution in [0.4, 0.5) is 4.79 Å². The average molecular weight is 73.1 g/mol. The van der Waals surface area contributed by atoms with E-state index in [9.17, 15) is 4.79 Å². The van der Waals surface area contributed by atoms with E-state index in [4.69, 9.17) is 0 Å². The van der Waals surface area contributed by atoms with Crippen molar-refractivity contribution in [1.82, 2.24) is 5.32 Å². The lowest BCUT2D eigenvalue weighted by molar-refractivity contribution is 0.250. The van der Waals surface area contributed by atoms with Crippen LogP contribution in [-0.2, 0) is 0 Å². The minimum Gasteiger partial charge on any atom is -0.350 e. The molecule has 29 valence electrons. The predicted octanol–water partition coefficient (Wildman–Crippen LogP) is -0.701. The van der Waals surface area contributed by atoms with Gasteiger partial charge in [-0.2, -0.15) is 0 Å². The molecule has 0 saturated carbocycles. The number of nitrogens with two attached hydrogens (primary N) is 1. The van der Waals surface area contributed by atoms with Gasteiger partial charge in [0, 0.05) is 7.05 Å². The molecule has 3 nitrogen and oxygen atoms in total. The molecule has 0 rings (SSSR count). The van der Waals surface area contributed by atoms with Crippen LogP contribution in [0.3, 0.4) is 0 Å². The molecular formula is C2H5N2O. The normalized spacial score (nSPS) is 6.60. The molecule has 0 aliphatic heterocycles. The maximum atomic E-state index is 9.42. The van der Waals surface area contributed by atoms with Crippen molar-refractivity contribution in [1.29, 1.82) is 0 Å². The second-order valence-corrected chi connectivity index (χ2v) is 0.562. The Bertz CT molecular complexity index is 42.9. The van der Waals surface area contributed by atoms with Crippen LogP contribution >= 0.6 is 0 Å². The largest absolute Gasteiger partial charge is 0.350 e. The molecule has 1 radical (unpaired) electrons. The molecular weight excluding hydrogens is 68.0 g/mol. The molecule has 0 aromatic heterocycles. The van der Waals surface area contributed by atoms with Crippen LogP contribution in [0, 0.1) is 0 Å². The Hall–Kier alpha value is -0.730. The molecule has 2 N–H and O–H groups in total. The fourth-order valence-corrected chi connectivity index (χ4v) is 0. The summed E-state index contributed by atoms with van der Waals surface area (Å²) < 4.78 is 0. The molecule has 0 aromatic carbocycles. The van der Waals surface area contributed by atoms with Gasteiger partial charge in [-0.15, -0.1) is 0 Å². The van der Waals surface area contributed by atoms with Crippen LogP contribution in [0.15, 0.2) is 0 Å². The third-order valence-corrected chi connectivity index (χ3v) is 0.220. The second kappa shape index (κ2) is 1.58. The van der Waals surface area contributed by atoms with Gasteiger partial charge in [0.1, 0.15) is 0 Å². The van der Waals surface area contributed by atoms with Crippen LogP contribution in [-0.4, -0.2) is 13.1 Å². The molecule has 0 atom stereocenters. The lowest BCUT2D eigenvalue weighted by Gasteiger charge is -1.75. The van der Waals surface area contributed by atoms with Gasteiger partial charge in [-0.25, -0.2) is 10.1 Å². The van der Waals surface area contributed by atoms with Gasteiger partial charge in [0.05, 0.1) is 0 Å². The summed E-state index contributed by atoms with van der Waals surface area (Å²) in [6.07, 6.45) is 0. The maximum absolute atomic E-state index is 9.42. The van der Waals surface area contributed by atoms with Gasteiger partial charge in [-0.3, -0.25) is 0 Å². The molecule has 0 heterocycles. The number of rotatable bonds is 0. The fraction of sp³-hybridized carbons (Fsp3) is 0.500. The molecule has 0 bridgehead atoms. The van der Waals surface area contributed by atoms with E-state index in [0.29, 0.717) is 0 Å². The molecule has 5 heavy (non-hydrogen) atoms. The van der Waals surface area contributed by atoms with E-state index >= 15 is 0 Å². The number of amides is 2. The number of primary amides is 1. The first kappa shape index (κ1) is 4.27. The minimum atomic E-state index is -0.620. The fourth-order valence-electron chi connectivity index (χ4n) is 0. The van der Waals surface area contributed by atoms with Gasteiger partial charge in [-0.05, 0) is 0 Å². The van der Waals surface area contributed by atoms with Gasteiger partial charge in [0.25, 0.3) is 0 Å². The molecule has 0 aromatic rings. The van der Waals surface area contributed by atoms with Crippen LogP contribution in [0.5, 0.6) is 0 Å². The summed E-state index contributed by atoms with van der Waals surface area (Å²) in [5.41, 5.74) is 4.49. The summed E-state index contributed by atoms with van der Waals surface area (Å²) in [5, 5.41) is 3.03. The summed E-state index contributed by atoms with van der Waals surface area (Å²) in [6.45, 7) is 0. The molecule has 0 fully saturated rings. The Morgan fingerprint density at radius 3 is 2.20 bits per heavy atom. The molecule has 0 aliphatic rings. The highest BCUT2D eigenvalue weighted by Crippen LogP contribution is 1.43. The third kappa shape index (κ3) is 3.27. The zero-order chi connectivity index (χ0) is 4.28. The lowest BCUT2D eigenvalue weighted by Crippen LogP contribution is -2.17. The Morgan fingerprint density at radius 2 is 2.20 bits per heavy atom. The van der Waals surface area contributed by atoms with Gasteiger partial charge >= 0.3 is 6.03 Å². The van der Waals surface area contributed by atoms with Crippen molar-refractivity contribution in [3.05, 3.63) is 0 Å². The molecule has 2 amide bonds. The molecule has 0 saturated heterocycles. The first-order chi connectivity index (χ1) is 2.27. The highest BCUT2D eigenvalue weighted by Gasteiger charge is 1.76. The van der Waals surface area contributed by atoms with Crippen LogP contribution in [0.25, 0.3) is 0 Å². The average Bonchev–Trinajstić information content (AvgIpc) is 1.38. The highest BCUT2D eigenvalue weighted by atomic mass is 16.2. The summed E-state index contributed by atoms with van der Waals surface area (Å²) in [5.74, 6) is 0. The van der Waals surface area contributed by atoms with Crippen LogP contribution in [0.2, 0.25) is 0 Å². The van der Waals surface area contributed by atoms with Crippen LogP contribution in [0.1, 0.15) is 0 Å². The summed E-state index contributed by atoms with van der Waals surface area (Å²) in [7, 11) is 1.35. The third-order valence-electron chi connectivity index (χ3n) is 0.220. The van der Waals surface area contributed by atoms with Crippen molar-refractivity contribution in [2.45, 2.75) is 0 Å². The zero-order valence-electron chi connectivity index (χ0n) is 2.93. The summed E-state index contributed by atoms with van der Waals surface area (Å²) >= 11 is 0. The molecule has 0 aliphatic carbocycles. The van der Waals surface area contributed by atoms with Gasteiger partial charge in [-0.1, -0.05) is 0 Å². The Kier molecular flexibility index (Phi) is 1.35. The predicted molar refractivity (Wildman–Crippen MR) is 17.6 cm³/mol. The number of urea groups is 1. The number of carbonyl (C=O) groups excluding carboxylic acids is 1. The number of hydrogen-bond donors (Lipinski definition) is 1. The van der Waals surface area contributed by atoms with E-state index < -0.39 is 6.03 Å². The van der Waals surface area contributed by atoms with E-state index in [1.165, 1.54) is 7.05 Å². The summed E-state index contributed by atoms with van der Waals surface area (Å²) in [4.78, 5) is 9.42. The molecule has 0 unspecified atom stereocenters. The maximum Gasteiger partial charge on any atom is 0.333 e. The van der Waals surface area contributed by atoms with E-state index in [2.05, 4.69) is 11.1 Å². The van der Waals surface area contributed by atoms with Crippen molar-refractivity contribution < 1.29 is 4.79 Å². The minimum absolute atomic E-state index is 0.620. The van der Waals surface area contributed by atoms with E-state index in [1.807, 2.05) is 0 Å². The zero-order valence-corrected chi connectivity index (χ0v) is 2.93. The van der Waals surface area contributed by atoms with Crippen molar-refractivity contribution in [2.24, 2.45) is 5.73 Å². The smallest absolute Gasteiger partial charge is 0.333 e. The Morgan fingerprint density at radius 1 is 2.00 bits per heavy atom. The second-order valence-electron chi connectivity index (χ2n) is 0.562. The van der Waals surface area contributed by atoms with Crippen molar-refractivity contribution in [3.8, 4) is 0 Å². The SMILES string of the molecule is C[N]C(N)=O. The van der Waals surface area contributed by atoms with E-state index in [-0.39, 0.29) is 0 Å². The van der Waals surface area contributed by atoms with Crippen molar-refractivity contribution in [2.75, 3.05) is 7.05 Å². The monoisotopic (exact) mass is 73.0 g/mol. The summed E-state index contributed by atoms with van der Waals surface area (Å²) in [6, 6.07) is -0.620. The standard InChI is InChI=1S/C2H5N2O/c1-4-2(3)5/h1H3,(H2,3,5). The van der Waals surface area contributed by atoms with Crippen molar-refractivity contribution >= 4 is 6.03 Å². The first-order valence-electron chi connectivity index (χ1n) is 1.16. The highest BCUT2D eigenvalue weighted by molar-refractivity contribution is 5.70. The van der Waals surface area contributed by atoms with Gasteiger partial charge in [0.2, 0.25) is 0 Å². The molecule has 3 heteroatoms. The molecule has 0 spiro atoms.